The third-order valence-corrected chi connectivity index (χ3v) is 3.24. The molecule has 0 saturated carbocycles. The molecule has 0 unspecified atom stereocenters. The number of hydrogen-bond donors (Lipinski definition) is 1. The molecule has 0 amide bonds. The van der Waals surface area contributed by atoms with Crippen molar-refractivity contribution in [2.45, 2.75) is 19.9 Å². The van der Waals surface area contributed by atoms with Crippen molar-refractivity contribution in [2.75, 3.05) is 18.1 Å². The monoisotopic (exact) mass is 263 g/mol. The summed E-state index contributed by atoms with van der Waals surface area (Å²) in [5.41, 5.74) is 0.159. The fourth-order valence-electron chi connectivity index (χ4n) is 1.37. The van der Waals surface area contributed by atoms with Gasteiger partial charge in [0.15, 0.2) is 11.6 Å². The molecule has 1 N–H and O–H groups in total. The molecule has 1 rings (SSSR count). The SMILES string of the molecule is CCSCCCNCc1cc(F)c(F)cc1F. The molecule has 1 nitrogen and oxygen atoms in total. The normalized spacial score (nSPS) is 10.8. The summed E-state index contributed by atoms with van der Waals surface area (Å²) in [6.07, 6.45) is 0.976. The maximum Gasteiger partial charge on any atom is 0.161 e. The van der Waals surface area contributed by atoms with Gasteiger partial charge in [-0.05, 0) is 30.5 Å². The molecule has 0 bridgehead atoms. The summed E-state index contributed by atoms with van der Waals surface area (Å²) in [7, 11) is 0. The van der Waals surface area contributed by atoms with Crippen LogP contribution in [0, 0.1) is 17.5 Å². The molecule has 0 spiro atoms. The van der Waals surface area contributed by atoms with E-state index < -0.39 is 17.5 Å². The first-order valence-electron chi connectivity index (χ1n) is 5.57. The van der Waals surface area contributed by atoms with Gasteiger partial charge in [0, 0.05) is 18.2 Å². The summed E-state index contributed by atoms with van der Waals surface area (Å²) in [4.78, 5) is 0. The Morgan fingerprint density at radius 1 is 1.12 bits per heavy atom. The van der Waals surface area contributed by atoms with Gasteiger partial charge < -0.3 is 5.32 Å². The molecule has 0 aliphatic rings. The van der Waals surface area contributed by atoms with Crippen LogP contribution in [0.15, 0.2) is 12.1 Å². The lowest BCUT2D eigenvalue weighted by Crippen LogP contribution is -2.16. The number of halogens is 3. The number of thioether (sulfide) groups is 1. The molecule has 0 fully saturated rings. The fraction of sp³-hybridized carbons (Fsp3) is 0.500. The van der Waals surface area contributed by atoms with Crippen molar-refractivity contribution in [3.8, 4) is 0 Å². The van der Waals surface area contributed by atoms with Crippen LogP contribution in [0.25, 0.3) is 0 Å². The average Bonchev–Trinajstić information content (AvgIpc) is 2.30. The highest BCUT2D eigenvalue weighted by Gasteiger charge is 2.08. The zero-order valence-electron chi connectivity index (χ0n) is 9.73. The Morgan fingerprint density at radius 2 is 1.82 bits per heavy atom. The predicted octanol–water partition coefficient (Wildman–Crippen LogP) is 3.34. The van der Waals surface area contributed by atoms with Crippen LogP contribution >= 0.6 is 11.8 Å². The molecule has 1 aromatic rings. The maximum atomic E-state index is 13.2. The number of nitrogens with one attached hydrogen (secondary N) is 1. The molecule has 0 atom stereocenters. The lowest BCUT2D eigenvalue weighted by atomic mass is 10.2. The van der Waals surface area contributed by atoms with Crippen molar-refractivity contribution < 1.29 is 13.2 Å². The van der Waals surface area contributed by atoms with Crippen LogP contribution in [-0.2, 0) is 6.54 Å². The smallest absolute Gasteiger partial charge is 0.161 e. The Kier molecular flexibility index (Phi) is 6.44. The average molecular weight is 263 g/mol. The lowest BCUT2D eigenvalue weighted by Gasteiger charge is -2.06. The second-order valence-electron chi connectivity index (χ2n) is 3.58. The van der Waals surface area contributed by atoms with Crippen molar-refractivity contribution in [3.05, 3.63) is 35.1 Å². The molecule has 0 heterocycles. The van der Waals surface area contributed by atoms with E-state index in [9.17, 15) is 13.2 Å². The molecular formula is C12H16F3NS. The Balaban J connectivity index is 2.34. The Morgan fingerprint density at radius 3 is 2.53 bits per heavy atom. The molecule has 17 heavy (non-hydrogen) atoms. The van der Waals surface area contributed by atoms with Crippen LogP contribution in [0.3, 0.4) is 0 Å². The van der Waals surface area contributed by atoms with Gasteiger partial charge in [0.1, 0.15) is 5.82 Å². The van der Waals surface area contributed by atoms with Crippen LogP contribution in [0.4, 0.5) is 13.2 Å². The van der Waals surface area contributed by atoms with E-state index >= 15 is 0 Å². The standard InChI is InChI=1S/C12H16F3NS/c1-2-17-5-3-4-16-8-9-6-11(14)12(15)7-10(9)13/h6-7,16H,2-5,8H2,1H3. The summed E-state index contributed by atoms with van der Waals surface area (Å²) < 4.78 is 38.7. The van der Waals surface area contributed by atoms with Gasteiger partial charge >= 0.3 is 0 Å². The summed E-state index contributed by atoms with van der Waals surface area (Å²) in [6, 6.07) is 1.48. The summed E-state index contributed by atoms with van der Waals surface area (Å²) in [5, 5.41) is 3.01. The molecule has 0 radical (unpaired) electrons. The van der Waals surface area contributed by atoms with Crippen LogP contribution < -0.4 is 5.32 Å². The Hall–Kier alpha value is -0.680. The minimum absolute atomic E-state index is 0.159. The highest BCUT2D eigenvalue weighted by Crippen LogP contribution is 2.13. The van der Waals surface area contributed by atoms with Crippen LogP contribution in [0.2, 0.25) is 0 Å². The van der Waals surface area contributed by atoms with Crippen LogP contribution in [0.1, 0.15) is 18.9 Å². The molecule has 0 aromatic heterocycles. The van der Waals surface area contributed by atoms with Crippen LogP contribution in [-0.4, -0.2) is 18.1 Å². The van der Waals surface area contributed by atoms with Crippen molar-refractivity contribution >= 4 is 11.8 Å². The minimum Gasteiger partial charge on any atom is -0.313 e. The summed E-state index contributed by atoms with van der Waals surface area (Å²) >= 11 is 1.84. The topological polar surface area (TPSA) is 12.0 Å². The first-order valence-corrected chi connectivity index (χ1v) is 6.72. The summed E-state index contributed by atoms with van der Waals surface area (Å²) in [6.45, 7) is 3.06. The van der Waals surface area contributed by atoms with Gasteiger partial charge in [0.25, 0.3) is 0 Å². The van der Waals surface area contributed by atoms with Gasteiger partial charge in [-0.25, -0.2) is 13.2 Å². The first kappa shape index (κ1) is 14.4. The predicted molar refractivity (Wildman–Crippen MR) is 65.6 cm³/mol. The quantitative estimate of drug-likeness (QED) is 0.598. The highest BCUT2D eigenvalue weighted by atomic mass is 32.2. The van der Waals surface area contributed by atoms with Gasteiger partial charge in [0.2, 0.25) is 0 Å². The van der Waals surface area contributed by atoms with Crippen molar-refractivity contribution in [1.82, 2.24) is 5.32 Å². The second kappa shape index (κ2) is 7.61. The van der Waals surface area contributed by atoms with Crippen molar-refractivity contribution in [3.63, 3.8) is 0 Å². The first-order chi connectivity index (χ1) is 8.15. The molecular weight excluding hydrogens is 247 g/mol. The van der Waals surface area contributed by atoms with E-state index in [1.165, 1.54) is 0 Å². The van der Waals surface area contributed by atoms with Crippen LogP contribution in [0.5, 0.6) is 0 Å². The second-order valence-corrected chi connectivity index (χ2v) is 4.98. The van der Waals surface area contributed by atoms with Gasteiger partial charge in [-0.2, -0.15) is 11.8 Å². The van der Waals surface area contributed by atoms with E-state index in [1.807, 2.05) is 11.8 Å². The fourth-order valence-corrected chi connectivity index (χ4v) is 2.00. The Bertz CT molecular complexity index is 358. The van der Waals surface area contributed by atoms with Gasteiger partial charge in [0.05, 0.1) is 0 Å². The molecule has 5 heteroatoms. The third kappa shape index (κ3) is 5.00. The number of hydrogen-bond acceptors (Lipinski definition) is 2. The van der Waals surface area contributed by atoms with E-state index in [-0.39, 0.29) is 12.1 Å². The molecule has 1 aromatic carbocycles. The van der Waals surface area contributed by atoms with E-state index in [0.29, 0.717) is 6.07 Å². The minimum atomic E-state index is -1.15. The van der Waals surface area contributed by atoms with Crippen molar-refractivity contribution in [2.24, 2.45) is 0 Å². The largest absolute Gasteiger partial charge is 0.313 e. The van der Waals surface area contributed by atoms with Gasteiger partial charge in [-0.15, -0.1) is 0 Å². The maximum absolute atomic E-state index is 13.2. The number of rotatable bonds is 7. The molecule has 0 aliphatic heterocycles. The molecule has 0 aliphatic carbocycles. The van der Waals surface area contributed by atoms with Gasteiger partial charge in [-0.1, -0.05) is 6.92 Å². The molecule has 0 saturated heterocycles. The van der Waals surface area contributed by atoms with Crippen molar-refractivity contribution in [1.29, 1.82) is 0 Å². The van der Waals surface area contributed by atoms with E-state index in [1.54, 1.807) is 0 Å². The number of benzene rings is 1. The van der Waals surface area contributed by atoms with Gasteiger partial charge in [-0.3, -0.25) is 0 Å². The zero-order chi connectivity index (χ0) is 12.7. The van der Waals surface area contributed by atoms with E-state index in [2.05, 4.69) is 12.2 Å². The lowest BCUT2D eigenvalue weighted by molar-refractivity contribution is 0.487. The highest BCUT2D eigenvalue weighted by molar-refractivity contribution is 7.99. The Labute approximate surface area is 104 Å². The zero-order valence-corrected chi connectivity index (χ0v) is 10.5. The third-order valence-electron chi connectivity index (χ3n) is 2.25. The summed E-state index contributed by atoms with van der Waals surface area (Å²) in [5.74, 6) is -0.739. The molecule has 96 valence electrons. The van der Waals surface area contributed by atoms with E-state index in [0.717, 1.165) is 30.5 Å². The van der Waals surface area contributed by atoms with E-state index in [4.69, 9.17) is 0 Å².